The zero-order valence-electron chi connectivity index (χ0n) is 13.1. The third-order valence-electron chi connectivity index (χ3n) is 3.15. The highest BCUT2D eigenvalue weighted by molar-refractivity contribution is 7.09. The Morgan fingerprint density at radius 1 is 1.33 bits per heavy atom. The van der Waals surface area contributed by atoms with Crippen LogP contribution in [0.15, 0.2) is 11.6 Å². The van der Waals surface area contributed by atoms with Crippen molar-refractivity contribution in [2.45, 2.75) is 39.7 Å². The maximum atomic E-state index is 5.52. The van der Waals surface area contributed by atoms with Crippen LogP contribution in [0.3, 0.4) is 0 Å². The fraction of sp³-hybridized carbons (Fsp3) is 0.500. The van der Waals surface area contributed by atoms with E-state index in [-0.39, 0.29) is 5.41 Å². The van der Waals surface area contributed by atoms with Gasteiger partial charge in [-0.3, -0.25) is 0 Å². The molecule has 3 N–H and O–H groups in total. The maximum Gasteiger partial charge on any atom is 0.145 e. The fourth-order valence-corrected chi connectivity index (χ4v) is 2.64. The summed E-state index contributed by atoms with van der Waals surface area (Å²) < 4.78 is 0. The van der Waals surface area contributed by atoms with E-state index in [4.69, 9.17) is 5.84 Å². The van der Waals surface area contributed by atoms with Gasteiger partial charge >= 0.3 is 0 Å². The average molecular weight is 306 g/mol. The first-order chi connectivity index (χ1) is 9.81. The monoisotopic (exact) mass is 306 g/mol. The minimum atomic E-state index is -0.136. The Morgan fingerprint density at radius 2 is 2.05 bits per heavy atom. The third-order valence-corrected chi connectivity index (χ3v) is 4.07. The number of hydrazine groups is 1. The Kier molecular flexibility index (Phi) is 4.43. The molecule has 2 aromatic heterocycles. The summed E-state index contributed by atoms with van der Waals surface area (Å²) in [5, 5.41) is 0. The van der Waals surface area contributed by atoms with E-state index in [2.05, 4.69) is 46.0 Å². The predicted molar refractivity (Wildman–Crippen MR) is 87.5 cm³/mol. The summed E-state index contributed by atoms with van der Waals surface area (Å²) in [6, 6.07) is 1.85. The first kappa shape index (κ1) is 15.7. The number of nitrogens with zero attached hydrogens (tertiary/aromatic N) is 4. The first-order valence-corrected chi connectivity index (χ1v) is 7.65. The molecule has 0 aliphatic heterocycles. The van der Waals surface area contributed by atoms with Gasteiger partial charge in [0.15, 0.2) is 0 Å². The van der Waals surface area contributed by atoms with Crippen LogP contribution in [0, 0.1) is 6.92 Å². The number of aromatic nitrogens is 3. The Labute approximate surface area is 129 Å². The van der Waals surface area contributed by atoms with Gasteiger partial charge < -0.3 is 10.3 Å². The number of aryl methyl sites for hydroxylation is 1. The molecule has 0 spiro atoms. The molecule has 2 rings (SSSR count). The minimum absolute atomic E-state index is 0.136. The molecule has 2 heterocycles. The van der Waals surface area contributed by atoms with E-state index >= 15 is 0 Å². The quantitative estimate of drug-likeness (QED) is 0.667. The molecule has 2 aromatic rings. The highest BCUT2D eigenvalue weighted by atomic mass is 32.1. The highest BCUT2D eigenvalue weighted by Gasteiger charge is 2.20. The lowest BCUT2D eigenvalue weighted by atomic mass is 9.96. The molecule has 7 heteroatoms. The summed E-state index contributed by atoms with van der Waals surface area (Å²) in [5.41, 5.74) is 5.41. The smallest absolute Gasteiger partial charge is 0.145 e. The normalized spacial score (nSPS) is 11.5. The molecule has 0 bridgehead atoms. The minimum Gasteiger partial charge on any atom is -0.354 e. The number of anilines is 2. The molecule has 0 unspecified atom stereocenters. The summed E-state index contributed by atoms with van der Waals surface area (Å²) >= 11 is 1.66. The SMILES string of the molecule is Cc1ncsc1CN(C)c1cc(NN)nc(C(C)(C)C)n1. The maximum absolute atomic E-state index is 5.52. The number of rotatable bonds is 4. The van der Waals surface area contributed by atoms with E-state index in [1.165, 1.54) is 4.88 Å². The number of nitrogens with two attached hydrogens (primary N) is 1. The van der Waals surface area contributed by atoms with Gasteiger partial charge in [-0.05, 0) is 6.92 Å². The molecule has 0 aliphatic rings. The second kappa shape index (κ2) is 5.95. The second-order valence-electron chi connectivity index (χ2n) is 6.05. The molecule has 0 radical (unpaired) electrons. The topological polar surface area (TPSA) is 80.0 Å². The highest BCUT2D eigenvalue weighted by Crippen LogP contribution is 2.25. The Hall–Kier alpha value is -1.73. The molecule has 0 saturated carbocycles. The summed E-state index contributed by atoms with van der Waals surface area (Å²) in [6.07, 6.45) is 0. The van der Waals surface area contributed by atoms with Gasteiger partial charge in [0.2, 0.25) is 0 Å². The number of nitrogens with one attached hydrogen (secondary N) is 1. The van der Waals surface area contributed by atoms with Gasteiger partial charge in [0.1, 0.15) is 17.5 Å². The van der Waals surface area contributed by atoms with E-state index in [1.54, 1.807) is 11.3 Å². The summed E-state index contributed by atoms with van der Waals surface area (Å²) in [4.78, 5) is 16.7. The van der Waals surface area contributed by atoms with E-state index in [0.717, 1.165) is 23.9 Å². The fourth-order valence-electron chi connectivity index (χ4n) is 1.81. The van der Waals surface area contributed by atoms with Gasteiger partial charge in [-0.1, -0.05) is 20.8 Å². The molecule has 0 amide bonds. The van der Waals surface area contributed by atoms with Crippen molar-refractivity contribution >= 4 is 23.0 Å². The molecule has 0 atom stereocenters. The lowest BCUT2D eigenvalue weighted by Gasteiger charge is -2.23. The van der Waals surface area contributed by atoms with Crippen LogP contribution in [0.25, 0.3) is 0 Å². The van der Waals surface area contributed by atoms with E-state index < -0.39 is 0 Å². The van der Waals surface area contributed by atoms with Gasteiger partial charge in [-0.2, -0.15) is 0 Å². The number of hydrogen-bond acceptors (Lipinski definition) is 7. The lowest BCUT2D eigenvalue weighted by Crippen LogP contribution is -2.23. The van der Waals surface area contributed by atoms with Crippen molar-refractivity contribution in [2.24, 2.45) is 5.84 Å². The van der Waals surface area contributed by atoms with Gasteiger partial charge in [0.05, 0.1) is 17.7 Å². The van der Waals surface area contributed by atoms with Crippen molar-refractivity contribution in [3.8, 4) is 0 Å². The van der Waals surface area contributed by atoms with Crippen LogP contribution in [-0.4, -0.2) is 22.0 Å². The van der Waals surface area contributed by atoms with E-state index in [1.807, 2.05) is 25.5 Å². The number of thiazole rings is 1. The Morgan fingerprint density at radius 3 is 2.57 bits per heavy atom. The lowest BCUT2D eigenvalue weighted by molar-refractivity contribution is 0.545. The van der Waals surface area contributed by atoms with Crippen LogP contribution in [0.5, 0.6) is 0 Å². The van der Waals surface area contributed by atoms with E-state index in [9.17, 15) is 0 Å². The van der Waals surface area contributed by atoms with Crippen molar-refractivity contribution < 1.29 is 0 Å². The Bertz CT molecular complexity index is 616. The zero-order valence-corrected chi connectivity index (χ0v) is 14.0. The van der Waals surface area contributed by atoms with Crippen LogP contribution in [0.2, 0.25) is 0 Å². The molecule has 0 aromatic carbocycles. The van der Waals surface area contributed by atoms with Crippen LogP contribution in [0.4, 0.5) is 11.6 Å². The summed E-state index contributed by atoms with van der Waals surface area (Å²) in [5.74, 6) is 7.76. The van der Waals surface area contributed by atoms with Crippen molar-refractivity contribution in [3.63, 3.8) is 0 Å². The first-order valence-electron chi connectivity index (χ1n) is 6.77. The molecule has 6 nitrogen and oxygen atoms in total. The average Bonchev–Trinajstić information content (AvgIpc) is 2.82. The van der Waals surface area contributed by atoms with Gasteiger partial charge in [-0.15, -0.1) is 11.3 Å². The van der Waals surface area contributed by atoms with Crippen molar-refractivity contribution in [2.75, 3.05) is 17.4 Å². The van der Waals surface area contributed by atoms with Crippen molar-refractivity contribution in [1.82, 2.24) is 15.0 Å². The summed E-state index contributed by atoms with van der Waals surface area (Å²) in [6.45, 7) is 9.04. The largest absolute Gasteiger partial charge is 0.354 e. The molecular weight excluding hydrogens is 284 g/mol. The summed E-state index contributed by atoms with van der Waals surface area (Å²) in [7, 11) is 2.01. The van der Waals surface area contributed by atoms with E-state index in [0.29, 0.717) is 5.82 Å². The molecular formula is C14H22N6S. The van der Waals surface area contributed by atoms with Crippen LogP contribution >= 0.6 is 11.3 Å². The van der Waals surface area contributed by atoms with Crippen LogP contribution in [-0.2, 0) is 12.0 Å². The Balaban J connectivity index is 2.32. The molecule has 114 valence electrons. The van der Waals surface area contributed by atoms with Crippen molar-refractivity contribution in [1.29, 1.82) is 0 Å². The second-order valence-corrected chi connectivity index (χ2v) is 6.99. The molecule has 0 saturated heterocycles. The predicted octanol–water partition coefficient (Wildman–Crippen LogP) is 2.46. The molecule has 0 aliphatic carbocycles. The third kappa shape index (κ3) is 3.68. The number of nitrogen functional groups attached to an aromatic ring is 1. The van der Waals surface area contributed by atoms with Gasteiger partial charge in [-0.25, -0.2) is 20.8 Å². The van der Waals surface area contributed by atoms with Crippen molar-refractivity contribution in [3.05, 3.63) is 28.0 Å². The molecule has 21 heavy (non-hydrogen) atoms. The van der Waals surface area contributed by atoms with Crippen LogP contribution in [0.1, 0.15) is 37.2 Å². The zero-order chi connectivity index (χ0) is 15.6. The van der Waals surface area contributed by atoms with Crippen LogP contribution < -0.4 is 16.2 Å². The standard InChI is InChI=1S/C14H22N6S/c1-9-10(21-8-16-9)7-20(5)12-6-11(19-15)17-13(18-12)14(2,3)4/h6,8H,7,15H2,1-5H3,(H,17,18,19). The van der Waals surface area contributed by atoms with Gasteiger partial charge in [0, 0.05) is 23.4 Å². The number of hydrogen-bond donors (Lipinski definition) is 2. The molecule has 0 fully saturated rings. The van der Waals surface area contributed by atoms with Gasteiger partial charge in [0.25, 0.3) is 0 Å².